The summed E-state index contributed by atoms with van der Waals surface area (Å²) in [7, 11) is 0. The molecule has 0 N–H and O–H groups in total. The fourth-order valence-corrected chi connectivity index (χ4v) is 11.8. The maximum atomic E-state index is 2.47. The van der Waals surface area contributed by atoms with Gasteiger partial charge in [0.25, 0.3) is 0 Å². The normalized spacial score (nSPS) is 11.9. The van der Waals surface area contributed by atoms with Crippen LogP contribution in [0.15, 0.2) is 279 Å². The summed E-state index contributed by atoms with van der Waals surface area (Å²) in [5.74, 6) is 0. The van der Waals surface area contributed by atoms with E-state index in [-0.39, 0.29) is 0 Å². The highest BCUT2D eigenvalue weighted by Gasteiger charge is 2.22. The monoisotopic (exact) mass is 964 g/mol. The third kappa shape index (κ3) is 7.58. The Kier molecular flexibility index (Phi) is 10.2. The van der Waals surface area contributed by atoms with Crippen LogP contribution in [0.3, 0.4) is 0 Å². The predicted octanol–water partition coefficient (Wildman–Crippen LogP) is 21.2. The van der Waals surface area contributed by atoms with Crippen LogP contribution in [0.5, 0.6) is 0 Å². The first-order valence-corrected chi connectivity index (χ1v) is 26.2. The largest absolute Gasteiger partial charge is 0.309 e. The lowest BCUT2D eigenvalue weighted by atomic mass is 9.97. The van der Waals surface area contributed by atoms with E-state index in [1.54, 1.807) is 0 Å². The fraction of sp³-hybridized carbons (Fsp3) is 0. The Balaban J connectivity index is 0.800. The molecule has 0 bridgehead atoms. The maximum absolute atomic E-state index is 2.47. The molecular weight excluding hydrogens is 917 g/mol. The molecule has 0 unspecified atom stereocenters. The summed E-state index contributed by atoms with van der Waals surface area (Å²) in [6, 6.07) is 103. The molecule has 76 heavy (non-hydrogen) atoms. The Morgan fingerprint density at radius 1 is 0.184 bits per heavy atom. The zero-order chi connectivity index (χ0) is 50.1. The number of hydrogen-bond donors (Lipinski definition) is 0. The molecule has 0 amide bonds. The van der Waals surface area contributed by atoms with Gasteiger partial charge < -0.3 is 9.80 Å². The van der Waals surface area contributed by atoms with Crippen molar-refractivity contribution in [3.8, 4) is 0 Å². The summed E-state index contributed by atoms with van der Waals surface area (Å²) in [5, 5.41) is 22.0. The summed E-state index contributed by atoms with van der Waals surface area (Å²) in [4.78, 5) is 4.93. The third-order valence-corrected chi connectivity index (χ3v) is 15.6. The molecule has 0 atom stereocenters. The first kappa shape index (κ1) is 43.6. The second-order valence-electron chi connectivity index (χ2n) is 20.2. The average molecular weight is 965 g/mol. The lowest BCUT2D eigenvalue weighted by Gasteiger charge is -2.29. The van der Waals surface area contributed by atoms with Crippen LogP contribution in [0.4, 0.5) is 34.1 Å². The van der Waals surface area contributed by atoms with E-state index in [0.29, 0.717) is 0 Å². The van der Waals surface area contributed by atoms with Crippen molar-refractivity contribution in [3.05, 3.63) is 290 Å². The number of rotatable bonds is 8. The minimum absolute atomic E-state index is 1.10. The lowest BCUT2D eigenvalue weighted by molar-refractivity contribution is 1.31. The Morgan fingerprint density at radius 3 is 0.882 bits per heavy atom. The number of benzene rings is 15. The van der Waals surface area contributed by atoms with Crippen molar-refractivity contribution in [2.24, 2.45) is 0 Å². The van der Waals surface area contributed by atoms with Gasteiger partial charge in [-0.1, -0.05) is 200 Å². The number of fused-ring (bicyclic) bond motifs is 9. The summed E-state index contributed by atoms with van der Waals surface area (Å²) < 4.78 is 0. The third-order valence-electron chi connectivity index (χ3n) is 15.6. The molecule has 0 fully saturated rings. The molecule has 0 aromatic heterocycles. The molecule has 15 aromatic carbocycles. The van der Waals surface area contributed by atoms with Gasteiger partial charge in [0.1, 0.15) is 0 Å². The van der Waals surface area contributed by atoms with Crippen LogP contribution in [0.2, 0.25) is 0 Å². The molecule has 0 aliphatic rings. The van der Waals surface area contributed by atoms with Crippen molar-refractivity contribution in [2.45, 2.75) is 0 Å². The molecule has 2 nitrogen and oxygen atoms in total. The van der Waals surface area contributed by atoms with Gasteiger partial charge in [-0.3, -0.25) is 0 Å². The van der Waals surface area contributed by atoms with Crippen LogP contribution in [0.25, 0.3) is 109 Å². The van der Waals surface area contributed by atoms with Gasteiger partial charge in [-0.25, -0.2) is 0 Å². The van der Waals surface area contributed by atoms with Crippen LogP contribution in [0, 0.1) is 0 Å². The molecule has 0 heterocycles. The van der Waals surface area contributed by atoms with Gasteiger partial charge in [0.2, 0.25) is 0 Å². The summed E-state index contributed by atoms with van der Waals surface area (Å²) in [6.07, 6.45) is 4.47. The van der Waals surface area contributed by atoms with Crippen molar-refractivity contribution in [1.82, 2.24) is 0 Å². The SMILES string of the molecule is C(=Cc1ccc2cc(N(c3ccc4cc5ccccc5cc4c3)c3c4ccccc4cc4ccccc34)ccc2c1)c1ccc(N(c2ccc3cc4ccccc4cc3c2)c2c3ccccc3cc3ccccc23)cc1. The van der Waals surface area contributed by atoms with Crippen molar-refractivity contribution in [2.75, 3.05) is 9.80 Å². The van der Waals surface area contributed by atoms with Gasteiger partial charge in [0, 0.05) is 44.3 Å². The van der Waals surface area contributed by atoms with Crippen molar-refractivity contribution < 1.29 is 0 Å². The summed E-state index contributed by atoms with van der Waals surface area (Å²) in [6.45, 7) is 0. The Labute approximate surface area is 440 Å². The van der Waals surface area contributed by atoms with E-state index in [1.807, 2.05) is 0 Å². The van der Waals surface area contributed by atoms with E-state index in [2.05, 4.69) is 301 Å². The van der Waals surface area contributed by atoms with Crippen LogP contribution in [0.1, 0.15) is 11.1 Å². The molecule has 0 spiro atoms. The molecule has 354 valence electrons. The smallest absolute Gasteiger partial charge is 0.0618 e. The quantitative estimate of drug-likeness (QED) is 0.111. The second-order valence-corrected chi connectivity index (χ2v) is 20.2. The first-order valence-electron chi connectivity index (χ1n) is 26.2. The van der Waals surface area contributed by atoms with Crippen molar-refractivity contribution in [3.63, 3.8) is 0 Å². The number of hydrogen-bond acceptors (Lipinski definition) is 2. The van der Waals surface area contributed by atoms with Gasteiger partial charge in [0.15, 0.2) is 0 Å². The zero-order valence-corrected chi connectivity index (χ0v) is 41.6. The summed E-state index contributed by atoms with van der Waals surface area (Å²) >= 11 is 0. The van der Waals surface area contributed by atoms with Gasteiger partial charge in [0.05, 0.1) is 11.4 Å². The molecule has 15 rings (SSSR count). The Hall–Kier alpha value is -10.0. The van der Waals surface area contributed by atoms with Crippen LogP contribution in [-0.4, -0.2) is 0 Å². The van der Waals surface area contributed by atoms with Gasteiger partial charge in [-0.15, -0.1) is 0 Å². The van der Waals surface area contributed by atoms with Gasteiger partial charge in [-0.05, 0) is 178 Å². The van der Waals surface area contributed by atoms with Crippen molar-refractivity contribution in [1.29, 1.82) is 0 Å². The van der Waals surface area contributed by atoms with E-state index in [1.165, 1.54) is 108 Å². The molecule has 0 saturated carbocycles. The highest BCUT2D eigenvalue weighted by atomic mass is 15.2. The molecule has 0 aliphatic carbocycles. The lowest BCUT2D eigenvalue weighted by Crippen LogP contribution is -2.11. The Morgan fingerprint density at radius 2 is 0.447 bits per heavy atom. The second kappa shape index (κ2) is 17.9. The topological polar surface area (TPSA) is 6.48 Å². The molecule has 2 heteroatoms. The fourth-order valence-electron chi connectivity index (χ4n) is 11.8. The van der Waals surface area contributed by atoms with Gasteiger partial charge in [-0.2, -0.15) is 0 Å². The van der Waals surface area contributed by atoms with E-state index in [0.717, 1.165) is 33.9 Å². The van der Waals surface area contributed by atoms with E-state index in [9.17, 15) is 0 Å². The predicted molar refractivity (Wildman–Crippen MR) is 329 cm³/mol. The van der Waals surface area contributed by atoms with Crippen LogP contribution < -0.4 is 9.80 Å². The van der Waals surface area contributed by atoms with Crippen LogP contribution >= 0.6 is 0 Å². The molecule has 15 aromatic rings. The minimum atomic E-state index is 1.10. The minimum Gasteiger partial charge on any atom is -0.309 e. The Bertz CT molecular complexity index is 4730. The standard InChI is InChI=1S/C74H48N2/c1-3-15-53-42-63-47-67(37-32-56(63)40-51(53)13-1)75(73-69-21-9-5-17-59(69)44-60-18-6-10-22-70(60)73)65-34-28-49(29-35-65)25-26-50-27-30-58-46-66(36-31-55(58)39-50)76(68-38-33-57-41-52-14-2-4-16-54(52)43-64(57)48-68)74-71-23-11-7-19-61(71)45-62-20-8-12-24-72(62)74/h1-48H. The number of nitrogens with zero attached hydrogens (tertiary/aromatic N) is 2. The van der Waals surface area contributed by atoms with E-state index in [4.69, 9.17) is 0 Å². The maximum Gasteiger partial charge on any atom is 0.0618 e. The number of anilines is 6. The molecule has 0 saturated heterocycles. The highest BCUT2D eigenvalue weighted by Crippen LogP contribution is 2.47. The van der Waals surface area contributed by atoms with Gasteiger partial charge >= 0.3 is 0 Å². The first-order chi connectivity index (χ1) is 37.6. The van der Waals surface area contributed by atoms with E-state index >= 15 is 0 Å². The van der Waals surface area contributed by atoms with Crippen molar-refractivity contribution >= 4 is 143 Å². The van der Waals surface area contributed by atoms with E-state index < -0.39 is 0 Å². The highest BCUT2D eigenvalue weighted by molar-refractivity contribution is 6.16. The average Bonchev–Trinajstić information content (AvgIpc) is 3.47. The molecule has 0 radical (unpaired) electrons. The summed E-state index contributed by atoms with van der Waals surface area (Å²) in [5.41, 5.74) is 9.08. The zero-order valence-electron chi connectivity index (χ0n) is 41.6. The molecular formula is C74H48N2. The van der Waals surface area contributed by atoms with Crippen LogP contribution in [-0.2, 0) is 0 Å². The molecule has 0 aliphatic heterocycles.